The fourth-order valence-corrected chi connectivity index (χ4v) is 4.08. The van der Waals surface area contributed by atoms with Gasteiger partial charge in [-0.3, -0.25) is 0 Å². The minimum Gasteiger partial charge on any atom is -0.0654 e. The predicted octanol–water partition coefficient (Wildman–Crippen LogP) is 5.19. The van der Waals surface area contributed by atoms with Crippen molar-refractivity contribution in [3.8, 4) is 0 Å². The molecule has 19 heavy (non-hydrogen) atoms. The lowest BCUT2D eigenvalue weighted by Gasteiger charge is -2.25. The van der Waals surface area contributed by atoms with Crippen LogP contribution in [0.2, 0.25) is 5.04 Å². The fraction of sp³-hybridized carbons (Fsp3) is 0.667. The van der Waals surface area contributed by atoms with Gasteiger partial charge in [0.15, 0.2) is 0 Å². The fourth-order valence-electron chi connectivity index (χ4n) is 2.47. The third-order valence-electron chi connectivity index (χ3n) is 3.77. The van der Waals surface area contributed by atoms with Gasteiger partial charge in [0.05, 0.1) is 9.52 Å². The van der Waals surface area contributed by atoms with Crippen LogP contribution in [0, 0.1) is 13.8 Å². The normalized spacial score (nSPS) is 11.8. The highest BCUT2D eigenvalue weighted by Gasteiger charge is 2.20. The third kappa shape index (κ3) is 6.42. The lowest BCUT2D eigenvalue weighted by molar-refractivity contribution is 0.531. The quantitative estimate of drug-likeness (QED) is 0.452. The van der Waals surface area contributed by atoms with Gasteiger partial charge < -0.3 is 0 Å². The maximum Gasteiger partial charge on any atom is 0.0875 e. The van der Waals surface area contributed by atoms with Crippen LogP contribution in [0.15, 0.2) is 18.2 Å². The summed E-state index contributed by atoms with van der Waals surface area (Å²) in [5.74, 6) is 0. The molecule has 0 unspecified atom stereocenters. The zero-order chi connectivity index (χ0) is 14.3. The Morgan fingerprint density at radius 3 is 2.37 bits per heavy atom. The van der Waals surface area contributed by atoms with E-state index in [4.69, 9.17) is 0 Å². The molecule has 0 amide bonds. The Balaban J connectivity index is 2.46. The molecule has 0 aromatic heterocycles. The van der Waals surface area contributed by atoms with E-state index in [1.54, 1.807) is 5.19 Å². The van der Waals surface area contributed by atoms with E-state index in [-0.39, 0.29) is 0 Å². The van der Waals surface area contributed by atoms with E-state index in [2.05, 4.69) is 52.8 Å². The molecular formula is C18H30Si. The number of hydrogen-bond acceptors (Lipinski definition) is 0. The molecule has 0 saturated carbocycles. The molecule has 1 rings (SSSR count). The van der Waals surface area contributed by atoms with Crippen LogP contribution in [0.4, 0.5) is 0 Å². The van der Waals surface area contributed by atoms with E-state index >= 15 is 0 Å². The largest absolute Gasteiger partial charge is 0.0875 e. The first-order chi connectivity index (χ1) is 8.94. The predicted molar refractivity (Wildman–Crippen MR) is 88.7 cm³/mol. The summed E-state index contributed by atoms with van der Waals surface area (Å²) < 4.78 is 0. The van der Waals surface area contributed by atoms with Gasteiger partial charge >= 0.3 is 0 Å². The Morgan fingerprint density at radius 1 is 1.00 bits per heavy atom. The van der Waals surface area contributed by atoms with Crippen molar-refractivity contribution < 1.29 is 0 Å². The summed E-state index contributed by atoms with van der Waals surface area (Å²) in [6, 6.07) is 6.88. The van der Waals surface area contributed by atoms with Crippen molar-refractivity contribution in [2.24, 2.45) is 0 Å². The molecule has 0 atom stereocenters. The van der Waals surface area contributed by atoms with Gasteiger partial charge in [0.25, 0.3) is 0 Å². The first-order valence-electron chi connectivity index (χ1n) is 7.80. The topological polar surface area (TPSA) is 0 Å². The Morgan fingerprint density at radius 2 is 1.68 bits per heavy atom. The molecule has 0 saturated heterocycles. The molecule has 1 aromatic carbocycles. The molecular weight excluding hydrogens is 244 g/mol. The van der Waals surface area contributed by atoms with Crippen molar-refractivity contribution in [1.82, 2.24) is 0 Å². The van der Waals surface area contributed by atoms with E-state index in [9.17, 15) is 0 Å². The van der Waals surface area contributed by atoms with Crippen molar-refractivity contribution >= 4 is 14.7 Å². The number of aryl methyl sites for hydroxylation is 2. The van der Waals surface area contributed by atoms with Crippen LogP contribution in [0.5, 0.6) is 0 Å². The number of rotatable bonds is 8. The number of hydrogen-bond donors (Lipinski definition) is 0. The minimum atomic E-state index is 0.463. The van der Waals surface area contributed by atoms with Crippen LogP contribution < -0.4 is 5.19 Å². The zero-order valence-corrected chi connectivity index (χ0v) is 14.5. The lowest BCUT2D eigenvalue weighted by atomic mass is 10.0. The third-order valence-corrected chi connectivity index (χ3v) is 5.51. The monoisotopic (exact) mass is 274 g/mol. The van der Waals surface area contributed by atoms with Crippen molar-refractivity contribution in [2.75, 3.05) is 0 Å². The average Bonchev–Trinajstić information content (AvgIpc) is 2.33. The Labute approximate surface area is 122 Å². The first kappa shape index (κ1) is 16.5. The van der Waals surface area contributed by atoms with Gasteiger partial charge in [-0.25, -0.2) is 0 Å². The van der Waals surface area contributed by atoms with E-state index in [1.807, 2.05) is 0 Å². The van der Waals surface area contributed by atoms with Gasteiger partial charge in [-0.1, -0.05) is 93.8 Å². The van der Waals surface area contributed by atoms with Crippen molar-refractivity contribution in [3.63, 3.8) is 0 Å². The highest BCUT2D eigenvalue weighted by Crippen LogP contribution is 2.30. The summed E-state index contributed by atoms with van der Waals surface area (Å²) in [6.45, 7) is 11.6. The molecule has 0 aliphatic heterocycles. The molecule has 0 nitrogen and oxygen atoms in total. The molecule has 2 radical (unpaired) electrons. The van der Waals surface area contributed by atoms with E-state index < -0.39 is 0 Å². The molecule has 1 aromatic rings. The zero-order valence-electron chi connectivity index (χ0n) is 13.5. The van der Waals surface area contributed by atoms with E-state index in [0.717, 1.165) is 9.52 Å². The highest BCUT2D eigenvalue weighted by atomic mass is 28.2. The molecule has 0 N–H and O–H groups in total. The van der Waals surface area contributed by atoms with E-state index in [1.165, 1.54) is 49.7 Å². The standard InChI is InChI=1S/C18H30Si/c1-6-7-8-9-10-13-18(4,5)19-17-14-15(2)11-12-16(17)3/h11-12,14H,6-10,13H2,1-5H3. The van der Waals surface area contributed by atoms with Gasteiger partial charge in [0.1, 0.15) is 0 Å². The van der Waals surface area contributed by atoms with Crippen LogP contribution in [-0.4, -0.2) is 9.52 Å². The highest BCUT2D eigenvalue weighted by molar-refractivity contribution is 6.57. The summed E-state index contributed by atoms with van der Waals surface area (Å²) >= 11 is 0. The summed E-state index contributed by atoms with van der Waals surface area (Å²) in [7, 11) is 0.939. The van der Waals surface area contributed by atoms with Crippen LogP contribution in [0.1, 0.15) is 70.4 Å². The lowest BCUT2D eigenvalue weighted by Crippen LogP contribution is -2.27. The Kier molecular flexibility index (Phi) is 6.85. The summed E-state index contributed by atoms with van der Waals surface area (Å²) in [4.78, 5) is 0. The summed E-state index contributed by atoms with van der Waals surface area (Å²) in [6.07, 6.45) is 8.33. The van der Waals surface area contributed by atoms with Gasteiger partial charge in [0, 0.05) is 0 Å². The molecule has 106 valence electrons. The minimum absolute atomic E-state index is 0.463. The van der Waals surface area contributed by atoms with E-state index in [0.29, 0.717) is 5.04 Å². The smallest absolute Gasteiger partial charge is 0.0654 e. The summed E-state index contributed by atoms with van der Waals surface area (Å²) in [5, 5.41) is 2.03. The van der Waals surface area contributed by atoms with Crippen molar-refractivity contribution in [2.45, 2.75) is 78.2 Å². The molecule has 0 heterocycles. The molecule has 1 heteroatoms. The second-order valence-electron chi connectivity index (χ2n) is 6.49. The maximum atomic E-state index is 2.44. The van der Waals surface area contributed by atoms with Crippen LogP contribution in [0.25, 0.3) is 0 Å². The van der Waals surface area contributed by atoms with Crippen molar-refractivity contribution in [1.29, 1.82) is 0 Å². The first-order valence-corrected chi connectivity index (χ1v) is 8.80. The van der Waals surface area contributed by atoms with Crippen LogP contribution >= 0.6 is 0 Å². The van der Waals surface area contributed by atoms with Gasteiger partial charge in [-0.2, -0.15) is 0 Å². The summed E-state index contributed by atoms with van der Waals surface area (Å²) in [5.41, 5.74) is 2.86. The molecule has 0 aliphatic rings. The van der Waals surface area contributed by atoms with Crippen molar-refractivity contribution in [3.05, 3.63) is 29.3 Å². The molecule has 0 bridgehead atoms. The SMILES string of the molecule is CCCCCCCC(C)(C)[Si]c1cc(C)ccc1C. The van der Waals surface area contributed by atoms with Crippen LogP contribution in [0.3, 0.4) is 0 Å². The molecule has 0 fully saturated rings. The van der Waals surface area contributed by atoms with Gasteiger partial charge in [-0.05, 0) is 18.9 Å². The molecule has 0 spiro atoms. The Bertz CT molecular complexity index is 379. The molecule has 0 aliphatic carbocycles. The number of unbranched alkanes of at least 4 members (excludes halogenated alkanes) is 4. The van der Waals surface area contributed by atoms with Gasteiger partial charge in [0.2, 0.25) is 0 Å². The van der Waals surface area contributed by atoms with Gasteiger partial charge in [-0.15, -0.1) is 0 Å². The second kappa shape index (κ2) is 7.89. The average molecular weight is 275 g/mol. The Hall–Kier alpha value is -0.563. The second-order valence-corrected chi connectivity index (χ2v) is 8.63. The van der Waals surface area contributed by atoms with Crippen LogP contribution in [-0.2, 0) is 0 Å². The number of benzene rings is 1. The maximum absolute atomic E-state index is 2.44.